The number of hydrogen-bond acceptors (Lipinski definition) is 3. The molecule has 0 N–H and O–H groups in total. The van der Waals surface area contributed by atoms with Crippen LogP contribution >= 0.6 is 11.6 Å². The quantitative estimate of drug-likeness (QED) is 0.785. The lowest BCUT2D eigenvalue weighted by Gasteiger charge is -2.20. The third-order valence-corrected chi connectivity index (χ3v) is 3.55. The lowest BCUT2D eigenvalue weighted by Crippen LogP contribution is -2.23. The van der Waals surface area contributed by atoms with E-state index in [1.165, 1.54) is 6.33 Å². The fraction of sp³-hybridized carbons (Fsp3) is 0.333. The van der Waals surface area contributed by atoms with Gasteiger partial charge in [-0.25, -0.2) is 9.67 Å². The van der Waals surface area contributed by atoms with E-state index in [-0.39, 0.29) is 11.6 Å². The Hall–Kier alpha value is -1.39. The van der Waals surface area contributed by atoms with Gasteiger partial charge in [-0.3, -0.25) is 0 Å². The van der Waals surface area contributed by atoms with E-state index < -0.39 is 0 Å². The molecule has 1 aromatic heterocycles. The second-order valence-electron chi connectivity index (χ2n) is 4.24. The molecular formula is C12H12ClN3O. The Balaban J connectivity index is 1.94. The van der Waals surface area contributed by atoms with Crippen molar-refractivity contribution in [2.45, 2.75) is 18.6 Å². The molecule has 1 aliphatic rings. The van der Waals surface area contributed by atoms with Crippen LogP contribution < -0.4 is 0 Å². The summed E-state index contributed by atoms with van der Waals surface area (Å²) in [6.07, 6.45) is 3.25. The van der Waals surface area contributed by atoms with Gasteiger partial charge in [-0.15, -0.1) is 0 Å². The monoisotopic (exact) mass is 249 g/mol. The molecule has 0 aliphatic carbocycles. The number of hydrogen-bond donors (Lipinski definition) is 0. The topological polar surface area (TPSA) is 43.2 Å². The van der Waals surface area contributed by atoms with Crippen LogP contribution in [0.2, 0.25) is 5.02 Å². The maximum absolute atomic E-state index is 5.89. The van der Waals surface area contributed by atoms with E-state index in [1.54, 1.807) is 6.33 Å². The zero-order chi connectivity index (χ0) is 11.9. The summed E-state index contributed by atoms with van der Waals surface area (Å²) in [7, 11) is 0. The lowest BCUT2D eigenvalue weighted by molar-refractivity contribution is 0.220. The molecular weight excluding hydrogens is 238 g/mol. The summed E-state index contributed by atoms with van der Waals surface area (Å²) in [5, 5.41) is 4.90. The van der Waals surface area contributed by atoms with Gasteiger partial charge in [-0.05, 0) is 24.6 Å². The van der Waals surface area contributed by atoms with Crippen LogP contribution in [0.3, 0.4) is 0 Å². The standard InChI is InChI=1S/C12H12ClN3O/c1-9(16-8-14-7-15-16)12(6-17-12)10-2-4-11(13)5-3-10/h2-5,7-9H,6H2,1H3. The first-order chi connectivity index (χ1) is 8.22. The van der Waals surface area contributed by atoms with Crippen molar-refractivity contribution in [3.8, 4) is 0 Å². The number of epoxide rings is 1. The highest BCUT2D eigenvalue weighted by Gasteiger charge is 2.52. The van der Waals surface area contributed by atoms with Crippen LogP contribution in [-0.2, 0) is 10.3 Å². The second-order valence-corrected chi connectivity index (χ2v) is 4.67. The van der Waals surface area contributed by atoms with Crippen LogP contribution in [0.25, 0.3) is 0 Å². The van der Waals surface area contributed by atoms with Crippen molar-refractivity contribution in [3.05, 3.63) is 47.5 Å². The Morgan fingerprint density at radius 2 is 2.12 bits per heavy atom. The molecule has 17 heavy (non-hydrogen) atoms. The third-order valence-electron chi connectivity index (χ3n) is 3.30. The molecule has 2 aromatic rings. The Morgan fingerprint density at radius 3 is 2.65 bits per heavy atom. The van der Waals surface area contributed by atoms with Crippen molar-refractivity contribution in [1.82, 2.24) is 14.8 Å². The van der Waals surface area contributed by atoms with Crippen molar-refractivity contribution in [1.29, 1.82) is 0 Å². The summed E-state index contributed by atoms with van der Waals surface area (Å²) in [6, 6.07) is 7.89. The SMILES string of the molecule is CC(n1cncn1)C1(c2ccc(Cl)cc2)CO1. The van der Waals surface area contributed by atoms with Gasteiger partial charge in [0.1, 0.15) is 18.3 Å². The van der Waals surface area contributed by atoms with Gasteiger partial charge < -0.3 is 4.74 Å². The molecule has 2 unspecified atom stereocenters. The molecule has 1 saturated heterocycles. The second kappa shape index (κ2) is 3.82. The number of rotatable bonds is 3. The Morgan fingerprint density at radius 1 is 1.41 bits per heavy atom. The van der Waals surface area contributed by atoms with E-state index >= 15 is 0 Å². The van der Waals surface area contributed by atoms with Gasteiger partial charge in [0.05, 0.1) is 12.6 Å². The van der Waals surface area contributed by atoms with E-state index in [1.807, 2.05) is 28.9 Å². The molecule has 0 bridgehead atoms. The maximum atomic E-state index is 5.89. The van der Waals surface area contributed by atoms with Crippen molar-refractivity contribution < 1.29 is 4.74 Å². The minimum atomic E-state index is -0.279. The van der Waals surface area contributed by atoms with Crippen LogP contribution in [0.4, 0.5) is 0 Å². The summed E-state index contributed by atoms with van der Waals surface area (Å²) in [6.45, 7) is 2.78. The van der Waals surface area contributed by atoms with Crippen molar-refractivity contribution >= 4 is 11.6 Å². The third kappa shape index (κ3) is 1.73. The predicted molar refractivity (Wildman–Crippen MR) is 63.8 cm³/mol. The fourth-order valence-corrected chi connectivity index (χ4v) is 2.22. The molecule has 2 heterocycles. The molecule has 1 aromatic carbocycles. The molecule has 3 rings (SSSR count). The smallest absolute Gasteiger partial charge is 0.139 e. The van der Waals surface area contributed by atoms with E-state index in [2.05, 4.69) is 17.0 Å². The minimum absolute atomic E-state index is 0.117. The Kier molecular flexibility index (Phi) is 2.42. The van der Waals surface area contributed by atoms with Gasteiger partial charge in [0.15, 0.2) is 0 Å². The first kappa shape index (κ1) is 10.7. The van der Waals surface area contributed by atoms with E-state index in [0.717, 1.165) is 10.6 Å². The first-order valence-electron chi connectivity index (χ1n) is 5.46. The molecule has 5 heteroatoms. The zero-order valence-electron chi connectivity index (χ0n) is 9.38. The van der Waals surface area contributed by atoms with E-state index in [9.17, 15) is 0 Å². The molecule has 88 valence electrons. The minimum Gasteiger partial charge on any atom is -0.362 e. The highest BCUT2D eigenvalue weighted by Crippen LogP contribution is 2.47. The van der Waals surface area contributed by atoms with Gasteiger partial charge >= 0.3 is 0 Å². The summed E-state index contributed by atoms with van der Waals surface area (Å²) in [5.74, 6) is 0. The molecule has 1 aliphatic heterocycles. The summed E-state index contributed by atoms with van der Waals surface area (Å²) in [4.78, 5) is 3.97. The molecule has 0 amide bonds. The summed E-state index contributed by atoms with van der Waals surface area (Å²) < 4.78 is 7.50. The van der Waals surface area contributed by atoms with Gasteiger partial charge in [0, 0.05) is 5.02 Å². The van der Waals surface area contributed by atoms with Crippen LogP contribution in [-0.4, -0.2) is 21.4 Å². The molecule has 0 spiro atoms. The predicted octanol–water partition coefficient (Wildman–Crippen LogP) is 2.42. The maximum Gasteiger partial charge on any atom is 0.139 e. The molecule has 0 radical (unpaired) electrons. The van der Waals surface area contributed by atoms with Crippen molar-refractivity contribution in [2.75, 3.05) is 6.61 Å². The average Bonchev–Trinajstić information content (AvgIpc) is 2.97. The molecule has 4 nitrogen and oxygen atoms in total. The van der Waals surface area contributed by atoms with Gasteiger partial charge in [-0.2, -0.15) is 5.10 Å². The van der Waals surface area contributed by atoms with Crippen LogP contribution in [0.1, 0.15) is 18.5 Å². The number of nitrogens with zero attached hydrogens (tertiary/aromatic N) is 3. The molecule has 0 saturated carbocycles. The van der Waals surface area contributed by atoms with Crippen molar-refractivity contribution in [3.63, 3.8) is 0 Å². The van der Waals surface area contributed by atoms with E-state index in [0.29, 0.717) is 6.61 Å². The van der Waals surface area contributed by atoms with Crippen molar-refractivity contribution in [2.24, 2.45) is 0 Å². The Labute approximate surface area is 104 Å². The number of benzene rings is 1. The molecule has 2 atom stereocenters. The summed E-state index contributed by atoms with van der Waals surface area (Å²) in [5.41, 5.74) is 0.850. The van der Waals surface area contributed by atoms with Gasteiger partial charge in [-0.1, -0.05) is 23.7 Å². The van der Waals surface area contributed by atoms with Crippen LogP contribution in [0, 0.1) is 0 Å². The van der Waals surface area contributed by atoms with Gasteiger partial charge in [0.2, 0.25) is 0 Å². The fourth-order valence-electron chi connectivity index (χ4n) is 2.09. The van der Waals surface area contributed by atoms with Gasteiger partial charge in [0.25, 0.3) is 0 Å². The van der Waals surface area contributed by atoms with Crippen LogP contribution in [0.5, 0.6) is 0 Å². The zero-order valence-corrected chi connectivity index (χ0v) is 10.1. The highest BCUT2D eigenvalue weighted by molar-refractivity contribution is 6.30. The number of halogens is 1. The van der Waals surface area contributed by atoms with Crippen LogP contribution in [0.15, 0.2) is 36.9 Å². The molecule has 1 fully saturated rings. The normalized spacial score (nSPS) is 24.6. The highest BCUT2D eigenvalue weighted by atomic mass is 35.5. The largest absolute Gasteiger partial charge is 0.362 e. The number of ether oxygens (including phenoxy) is 1. The number of aromatic nitrogens is 3. The first-order valence-corrected chi connectivity index (χ1v) is 5.84. The lowest BCUT2D eigenvalue weighted by atomic mass is 9.93. The summed E-state index contributed by atoms with van der Waals surface area (Å²) >= 11 is 5.89. The Bertz CT molecular complexity index is 505. The average molecular weight is 250 g/mol. The van der Waals surface area contributed by atoms with E-state index in [4.69, 9.17) is 16.3 Å².